The third-order valence-corrected chi connectivity index (χ3v) is 2.18. The average molecular weight is 142 g/mol. The lowest BCUT2D eigenvalue weighted by Gasteiger charge is -2.09. The Balaban J connectivity index is 1.86. The summed E-state index contributed by atoms with van der Waals surface area (Å²) >= 11 is 0. The highest BCUT2D eigenvalue weighted by molar-refractivity contribution is 4.97. The first-order valence-electron chi connectivity index (χ1n) is 4.22. The van der Waals surface area contributed by atoms with Gasteiger partial charge in [-0.1, -0.05) is 0 Å². The Kier molecular flexibility index (Phi) is 2.69. The summed E-state index contributed by atoms with van der Waals surface area (Å²) < 4.78 is 0. The Morgan fingerprint density at radius 3 is 2.60 bits per heavy atom. The fourth-order valence-electron chi connectivity index (χ4n) is 1.02. The van der Waals surface area contributed by atoms with Crippen LogP contribution >= 0.6 is 0 Å². The van der Waals surface area contributed by atoms with Crippen LogP contribution in [0.4, 0.5) is 0 Å². The zero-order valence-electron chi connectivity index (χ0n) is 6.82. The van der Waals surface area contributed by atoms with Gasteiger partial charge in [-0.05, 0) is 45.7 Å². The summed E-state index contributed by atoms with van der Waals surface area (Å²) in [4.78, 5) is 0. The highest BCUT2D eigenvalue weighted by Crippen LogP contribution is 2.33. The van der Waals surface area contributed by atoms with E-state index in [1.807, 2.05) is 0 Å². The van der Waals surface area contributed by atoms with Crippen molar-refractivity contribution in [3.8, 4) is 0 Å². The molecule has 0 radical (unpaired) electrons. The molecule has 60 valence electrons. The molecule has 2 heteroatoms. The number of unbranched alkanes of at least 4 members (excludes halogenated alkanes) is 1. The Hall–Kier alpha value is -0.0800. The van der Waals surface area contributed by atoms with E-state index in [1.54, 1.807) is 0 Å². The molecule has 0 aromatic rings. The number of nitrogens with one attached hydrogen (secondary N) is 1. The van der Waals surface area contributed by atoms with Crippen LogP contribution < -0.4 is 11.1 Å². The quantitative estimate of drug-likeness (QED) is 0.559. The SMILES string of the molecule is CC1(NCCCCN)CC1. The van der Waals surface area contributed by atoms with Gasteiger partial charge in [-0.15, -0.1) is 0 Å². The molecule has 2 nitrogen and oxygen atoms in total. The molecule has 3 N–H and O–H groups in total. The molecule has 1 saturated carbocycles. The van der Waals surface area contributed by atoms with Crippen molar-refractivity contribution >= 4 is 0 Å². The van der Waals surface area contributed by atoms with Crippen molar-refractivity contribution in [2.24, 2.45) is 5.73 Å². The van der Waals surface area contributed by atoms with E-state index in [0.29, 0.717) is 5.54 Å². The lowest BCUT2D eigenvalue weighted by Crippen LogP contribution is -2.28. The van der Waals surface area contributed by atoms with Crippen LogP contribution in [0.2, 0.25) is 0 Å². The molecule has 0 bridgehead atoms. The minimum atomic E-state index is 0.509. The standard InChI is InChI=1S/C8H18N2/c1-8(4-5-8)10-7-3-2-6-9/h10H,2-7,9H2,1H3. The van der Waals surface area contributed by atoms with E-state index in [1.165, 1.54) is 19.3 Å². The lowest BCUT2D eigenvalue weighted by molar-refractivity contribution is 0.519. The van der Waals surface area contributed by atoms with Crippen molar-refractivity contribution in [2.75, 3.05) is 13.1 Å². The molecule has 0 heterocycles. The molecule has 1 rings (SSSR count). The van der Waals surface area contributed by atoms with Crippen LogP contribution in [0, 0.1) is 0 Å². The van der Waals surface area contributed by atoms with Gasteiger partial charge in [0.1, 0.15) is 0 Å². The first-order chi connectivity index (χ1) is 4.77. The lowest BCUT2D eigenvalue weighted by atomic mass is 10.2. The molecule has 0 spiro atoms. The first kappa shape index (κ1) is 8.02. The van der Waals surface area contributed by atoms with Gasteiger partial charge >= 0.3 is 0 Å². The van der Waals surface area contributed by atoms with Crippen LogP contribution in [-0.4, -0.2) is 18.6 Å². The molecular formula is C8H18N2. The van der Waals surface area contributed by atoms with Crippen LogP contribution in [0.25, 0.3) is 0 Å². The van der Waals surface area contributed by atoms with Crippen molar-refractivity contribution < 1.29 is 0 Å². The van der Waals surface area contributed by atoms with Crippen molar-refractivity contribution in [1.29, 1.82) is 0 Å². The molecule has 1 aliphatic rings. The van der Waals surface area contributed by atoms with Crippen molar-refractivity contribution in [3.05, 3.63) is 0 Å². The van der Waals surface area contributed by atoms with Gasteiger partial charge < -0.3 is 11.1 Å². The van der Waals surface area contributed by atoms with Gasteiger partial charge in [0.25, 0.3) is 0 Å². The van der Waals surface area contributed by atoms with Crippen LogP contribution in [0.15, 0.2) is 0 Å². The predicted molar refractivity (Wildman–Crippen MR) is 43.9 cm³/mol. The van der Waals surface area contributed by atoms with Gasteiger partial charge in [-0.2, -0.15) is 0 Å². The summed E-state index contributed by atoms with van der Waals surface area (Å²) in [7, 11) is 0. The van der Waals surface area contributed by atoms with E-state index < -0.39 is 0 Å². The maximum atomic E-state index is 5.37. The second-order valence-electron chi connectivity index (χ2n) is 3.48. The second kappa shape index (κ2) is 3.35. The Morgan fingerprint density at radius 2 is 2.10 bits per heavy atom. The monoisotopic (exact) mass is 142 g/mol. The van der Waals surface area contributed by atoms with Gasteiger partial charge in [-0.3, -0.25) is 0 Å². The summed E-state index contributed by atoms with van der Waals surface area (Å²) in [6, 6.07) is 0. The number of nitrogens with two attached hydrogens (primary N) is 1. The molecule has 0 saturated heterocycles. The van der Waals surface area contributed by atoms with E-state index in [2.05, 4.69) is 12.2 Å². The topological polar surface area (TPSA) is 38.0 Å². The van der Waals surface area contributed by atoms with E-state index in [-0.39, 0.29) is 0 Å². The Labute approximate surface area is 63.2 Å². The molecule has 10 heavy (non-hydrogen) atoms. The minimum Gasteiger partial charge on any atom is -0.330 e. The first-order valence-corrected chi connectivity index (χ1v) is 4.22. The number of rotatable bonds is 5. The normalized spacial score (nSPS) is 21.0. The van der Waals surface area contributed by atoms with Gasteiger partial charge in [0.15, 0.2) is 0 Å². The average Bonchev–Trinajstić information content (AvgIpc) is 2.62. The molecule has 0 unspecified atom stereocenters. The summed E-state index contributed by atoms with van der Waals surface area (Å²) in [6.45, 7) is 4.27. The van der Waals surface area contributed by atoms with E-state index in [9.17, 15) is 0 Å². The number of hydrogen-bond donors (Lipinski definition) is 2. The maximum absolute atomic E-state index is 5.37. The molecule has 0 amide bonds. The van der Waals surface area contributed by atoms with E-state index in [0.717, 1.165) is 19.5 Å². The van der Waals surface area contributed by atoms with Crippen molar-refractivity contribution in [2.45, 2.75) is 38.1 Å². The van der Waals surface area contributed by atoms with Gasteiger partial charge in [0, 0.05) is 5.54 Å². The maximum Gasteiger partial charge on any atom is 0.0154 e. The molecular weight excluding hydrogens is 124 g/mol. The summed E-state index contributed by atoms with van der Waals surface area (Å²) in [6.07, 6.45) is 5.10. The minimum absolute atomic E-state index is 0.509. The van der Waals surface area contributed by atoms with E-state index >= 15 is 0 Å². The van der Waals surface area contributed by atoms with Crippen molar-refractivity contribution in [3.63, 3.8) is 0 Å². The fraction of sp³-hybridized carbons (Fsp3) is 1.00. The van der Waals surface area contributed by atoms with Crippen LogP contribution in [-0.2, 0) is 0 Å². The molecule has 0 aromatic heterocycles. The van der Waals surface area contributed by atoms with Gasteiger partial charge in [0.2, 0.25) is 0 Å². The highest BCUT2D eigenvalue weighted by Gasteiger charge is 2.35. The van der Waals surface area contributed by atoms with Gasteiger partial charge in [-0.25, -0.2) is 0 Å². The Bertz CT molecular complexity index is 97.4. The molecule has 1 aliphatic carbocycles. The van der Waals surface area contributed by atoms with Crippen molar-refractivity contribution in [1.82, 2.24) is 5.32 Å². The zero-order valence-corrected chi connectivity index (χ0v) is 6.82. The molecule has 1 fully saturated rings. The van der Waals surface area contributed by atoms with Gasteiger partial charge in [0.05, 0.1) is 0 Å². The Morgan fingerprint density at radius 1 is 1.40 bits per heavy atom. The van der Waals surface area contributed by atoms with E-state index in [4.69, 9.17) is 5.73 Å². The fourth-order valence-corrected chi connectivity index (χ4v) is 1.02. The largest absolute Gasteiger partial charge is 0.330 e. The smallest absolute Gasteiger partial charge is 0.0154 e. The second-order valence-corrected chi connectivity index (χ2v) is 3.48. The summed E-state index contributed by atoms with van der Waals surface area (Å²) in [5.41, 5.74) is 5.87. The molecule has 0 aliphatic heterocycles. The molecule has 0 atom stereocenters. The number of hydrogen-bond acceptors (Lipinski definition) is 2. The van der Waals surface area contributed by atoms with Crippen LogP contribution in [0.5, 0.6) is 0 Å². The van der Waals surface area contributed by atoms with Crippen LogP contribution in [0.3, 0.4) is 0 Å². The summed E-state index contributed by atoms with van der Waals surface area (Å²) in [5.74, 6) is 0. The predicted octanol–water partition coefficient (Wildman–Crippen LogP) is 0.867. The zero-order chi connectivity index (χ0) is 7.45. The molecule has 0 aromatic carbocycles. The summed E-state index contributed by atoms with van der Waals surface area (Å²) in [5, 5.41) is 3.51. The van der Waals surface area contributed by atoms with Crippen LogP contribution in [0.1, 0.15) is 32.6 Å². The third-order valence-electron chi connectivity index (χ3n) is 2.18. The highest BCUT2D eigenvalue weighted by atomic mass is 15.0. The third kappa shape index (κ3) is 2.67.